The summed E-state index contributed by atoms with van der Waals surface area (Å²) in [4.78, 5) is 30.4. The van der Waals surface area contributed by atoms with Gasteiger partial charge < -0.3 is 4.90 Å². The van der Waals surface area contributed by atoms with Gasteiger partial charge in [0.1, 0.15) is 17.8 Å². The summed E-state index contributed by atoms with van der Waals surface area (Å²) >= 11 is 3.39. The molecule has 0 radical (unpaired) electrons. The zero-order chi connectivity index (χ0) is 20.0. The van der Waals surface area contributed by atoms with Crippen LogP contribution in [0.5, 0.6) is 0 Å². The highest BCUT2D eigenvalue weighted by Gasteiger charge is 2.21. The SMILES string of the molecule is Cn1ncc2c(N3CCN(Cc4cc(=O)n5cc(Br)ccc5n4)CC3)ncnc21. The number of anilines is 1. The van der Waals surface area contributed by atoms with Crippen molar-refractivity contribution in [2.24, 2.45) is 7.05 Å². The Morgan fingerprint density at radius 3 is 2.79 bits per heavy atom. The molecule has 0 saturated carbocycles. The van der Waals surface area contributed by atoms with Crippen molar-refractivity contribution in [3.8, 4) is 0 Å². The van der Waals surface area contributed by atoms with E-state index in [1.54, 1.807) is 27.7 Å². The van der Waals surface area contributed by atoms with Crippen molar-refractivity contribution < 1.29 is 0 Å². The Morgan fingerprint density at radius 2 is 1.97 bits per heavy atom. The van der Waals surface area contributed by atoms with Gasteiger partial charge in [0.2, 0.25) is 0 Å². The van der Waals surface area contributed by atoms with Crippen LogP contribution in [-0.2, 0) is 13.6 Å². The first kappa shape index (κ1) is 18.2. The van der Waals surface area contributed by atoms with Gasteiger partial charge in [-0.3, -0.25) is 18.8 Å². The van der Waals surface area contributed by atoms with Crippen molar-refractivity contribution in [1.29, 1.82) is 0 Å². The number of halogens is 1. The molecule has 1 aliphatic rings. The average Bonchev–Trinajstić information content (AvgIpc) is 3.10. The third kappa shape index (κ3) is 3.38. The fraction of sp³-hybridized carbons (Fsp3) is 0.316. The first-order chi connectivity index (χ1) is 14.1. The number of rotatable bonds is 3. The van der Waals surface area contributed by atoms with Crippen molar-refractivity contribution in [2.75, 3.05) is 31.1 Å². The first-order valence-corrected chi connectivity index (χ1v) is 10.2. The molecule has 9 nitrogen and oxygen atoms in total. The normalized spacial score (nSPS) is 15.4. The topological polar surface area (TPSA) is 84.5 Å². The van der Waals surface area contributed by atoms with Gasteiger partial charge in [0.25, 0.3) is 5.56 Å². The Kier molecular flexibility index (Phi) is 4.51. The van der Waals surface area contributed by atoms with Crippen molar-refractivity contribution >= 4 is 38.4 Å². The number of pyridine rings is 1. The van der Waals surface area contributed by atoms with E-state index in [0.29, 0.717) is 12.2 Å². The molecule has 0 aliphatic carbocycles. The van der Waals surface area contributed by atoms with Crippen molar-refractivity contribution in [3.63, 3.8) is 0 Å². The minimum absolute atomic E-state index is 0.0649. The van der Waals surface area contributed by atoms with Gasteiger partial charge in [-0.15, -0.1) is 0 Å². The van der Waals surface area contributed by atoms with Gasteiger partial charge >= 0.3 is 0 Å². The second kappa shape index (κ2) is 7.20. The molecule has 0 aromatic carbocycles. The van der Waals surface area contributed by atoms with E-state index in [0.717, 1.165) is 53.2 Å². The van der Waals surface area contributed by atoms with Gasteiger partial charge in [-0.2, -0.15) is 5.10 Å². The van der Waals surface area contributed by atoms with Crippen LogP contribution in [0.15, 0.2) is 46.2 Å². The molecule has 1 aliphatic heterocycles. The summed E-state index contributed by atoms with van der Waals surface area (Å²) in [5.41, 5.74) is 2.23. The highest BCUT2D eigenvalue weighted by atomic mass is 79.9. The van der Waals surface area contributed by atoms with Crippen molar-refractivity contribution in [2.45, 2.75) is 6.54 Å². The number of nitrogens with zero attached hydrogens (tertiary/aromatic N) is 8. The van der Waals surface area contributed by atoms with Gasteiger partial charge in [0, 0.05) is 56.5 Å². The van der Waals surface area contributed by atoms with Gasteiger partial charge in [0.15, 0.2) is 5.65 Å². The van der Waals surface area contributed by atoms with E-state index in [1.807, 2.05) is 25.4 Å². The van der Waals surface area contributed by atoms with Crippen LogP contribution >= 0.6 is 15.9 Å². The van der Waals surface area contributed by atoms with Crippen LogP contribution in [0.25, 0.3) is 16.7 Å². The fourth-order valence-corrected chi connectivity index (χ4v) is 4.09. The monoisotopic (exact) mass is 454 g/mol. The molecule has 4 aromatic heterocycles. The maximum absolute atomic E-state index is 12.4. The third-order valence-electron chi connectivity index (χ3n) is 5.24. The molecule has 0 amide bonds. The molecule has 0 atom stereocenters. The highest BCUT2D eigenvalue weighted by molar-refractivity contribution is 9.10. The van der Waals surface area contributed by atoms with Crippen LogP contribution in [0.3, 0.4) is 0 Å². The lowest BCUT2D eigenvalue weighted by Crippen LogP contribution is -2.46. The lowest BCUT2D eigenvalue weighted by molar-refractivity contribution is 0.247. The molecule has 1 fully saturated rings. The van der Waals surface area contributed by atoms with E-state index < -0.39 is 0 Å². The molecule has 0 unspecified atom stereocenters. The lowest BCUT2D eigenvalue weighted by atomic mass is 10.2. The summed E-state index contributed by atoms with van der Waals surface area (Å²) in [5, 5.41) is 5.27. The van der Waals surface area contributed by atoms with Crippen LogP contribution in [0.2, 0.25) is 0 Å². The molecule has 0 spiro atoms. The molecule has 5 heterocycles. The average molecular weight is 455 g/mol. The summed E-state index contributed by atoms with van der Waals surface area (Å²) in [6.07, 6.45) is 5.16. The van der Waals surface area contributed by atoms with Gasteiger partial charge in [-0.05, 0) is 28.1 Å². The Balaban J connectivity index is 1.31. The molecule has 10 heteroatoms. The molecule has 0 N–H and O–H groups in total. The predicted octanol–water partition coefficient (Wildman–Crippen LogP) is 1.46. The van der Waals surface area contributed by atoms with Crippen molar-refractivity contribution in [1.82, 2.24) is 34.0 Å². The van der Waals surface area contributed by atoms with Crippen LogP contribution < -0.4 is 10.5 Å². The van der Waals surface area contributed by atoms with E-state index >= 15 is 0 Å². The van der Waals surface area contributed by atoms with E-state index in [1.165, 1.54) is 0 Å². The molecule has 29 heavy (non-hydrogen) atoms. The smallest absolute Gasteiger partial charge is 0.258 e. The number of piperazine rings is 1. The number of hydrogen-bond donors (Lipinski definition) is 0. The fourth-order valence-electron chi connectivity index (χ4n) is 3.76. The molecular formula is C19H19BrN8O. The summed E-state index contributed by atoms with van der Waals surface area (Å²) in [6, 6.07) is 5.36. The number of aromatic nitrogens is 6. The Hall–Kier alpha value is -2.85. The standard InChI is InChI=1S/C19H19BrN8O/c1-25-18-15(9-23-25)19(22-12-21-18)27-6-4-26(5-7-27)11-14-8-17(29)28-10-13(20)2-3-16(28)24-14/h2-3,8-10,12H,4-7,11H2,1H3. The molecule has 1 saturated heterocycles. The maximum Gasteiger partial charge on any atom is 0.258 e. The predicted molar refractivity (Wildman–Crippen MR) is 113 cm³/mol. The summed E-state index contributed by atoms with van der Waals surface area (Å²) in [7, 11) is 1.88. The van der Waals surface area contributed by atoms with Gasteiger partial charge in [0.05, 0.1) is 17.3 Å². The van der Waals surface area contributed by atoms with Crippen molar-refractivity contribution in [3.05, 3.63) is 57.4 Å². The Bertz CT molecular complexity index is 1260. The van der Waals surface area contributed by atoms with Crippen LogP contribution in [-0.4, -0.2) is 60.2 Å². The summed E-state index contributed by atoms with van der Waals surface area (Å²) < 4.78 is 4.17. The minimum Gasteiger partial charge on any atom is -0.353 e. The molecule has 148 valence electrons. The van der Waals surface area contributed by atoms with E-state index in [2.05, 4.69) is 45.8 Å². The summed E-state index contributed by atoms with van der Waals surface area (Å²) in [5.74, 6) is 0.926. The largest absolute Gasteiger partial charge is 0.353 e. The number of aryl methyl sites for hydroxylation is 1. The number of fused-ring (bicyclic) bond motifs is 2. The van der Waals surface area contributed by atoms with Crippen LogP contribution in [0, 0.1) is 0 Å². The van der Waals surface area contributed by atoms with E-state index in [-0.39, 0.29) is 5.56 Å². The van der Waals surface area contributed by atoms with Crippen LogP contribution in [0.4, 0.5) is 5.82 Å². The molecular weight excluding hydrogens is 436 g/mol. The van der Waals surface area contributed by atoms with E-state index in [4.69, 9.17) is 0 Å². The number of hydrogen-bond acceptors (Lipinski definition) is 7. The first-order valence-electron chi connectivity index (χ1n) is 9.36. The van der Waals surface area contributed by atoms with Gasteiger partial charge in [-0.25, -0.2) is 15.0 Å². The Labute approximate surface area is 174 Å². The molecule has 5 rings (SSSR count). The van der Waals surface area contributed by atoms with E-state index in [9.17, 15) is 4.79 Å². The zero-order valence-corrected chi connectivity index (χ0v) is 17.4. The second-order valence-electron chi connectivity index (χ2n) is 7.13. The van der Waals surface area contributed by atoms with Crippen LogP contribution in [0.1, 0.15) is 5.69 Å². The minimum atomic E-state index is -0.0649. The quantitative estimate of drug-likeness (QED) is 0.463. The van der Waals surface area contributed by atoms with Gasteiger partial charge in [-0.1, -0.05) is 0 Å². The third-order valence-corrected chi connectivity index (χ3v) is 5.71. The second-order valence-corrected chi connectivity index (χ2v) is 8.04. The Morgan fingerprint density at radius 1 is 1.14 bits per heavy atom. The lowest BCUT2D eigenvalue weighted by Gasteiger charge is -2.35. The molecule has 0 bridgehead atoms. The maximum atomic E-state index is 12.4. The zero-order valence-electron chi connectivity index (χ0n) is 15.9. The highest BCUT2D eigenvalue weighted by Crippen LogP contribution is 2.23. The summed E-state index contributed by atoms with van der Waals surface area (Å²) in [6.45, 7) is 4.09. The molecule has 4 aromatic rings.